The van der Waals surface area contributed by atoms with Crippen LogP contribution in [0.2, 0.25) is 5.02 Å². The Morgan fingerprint density at radius 1 is 0.957 bits per heavy atom. The van der Waals surface area contributed by atoms with E-state index in [1.807, 2.05) is 0 Å². The van der Waals surface area contributed by atoms with E-state index in [2.05, 4.69) is 0 Å². The van der Waals surface area contributed by atoms with Gasteiger partial charge in [-0.1, -0.05) is 23.7 Å². The van der Waals surface area contributed by atoms with Crippen molar-refractivity contribution in [3.8, 4) is 5.75 Å². The highest BCUT2D eigenvalue weighted by Gasteiger charge is 2.30. The second-order valence-electron chi connectivity index (χ2n) is 4.13. The van der Waals surface area contributed by atoms with Crippen LogP contribution in [-0.2, 0) is 10.1 Å². The molecule has 2 aromatic carbocycles. The molecule has 0 saturated heterocycles. The maximum Gasteiger partial charge on any atom is 0.346 e. The quantitative estimate of drug-likeness (QED) is 0.456. The minimum Gasteiger partial charge on any atom is -0.371 e. The molecule has 0 radical (unpaired) electrons. The average Bonchev–Trinajstić information content (AvgIpc) is 2.46. The smallest absolute Gasteiger partial charge is 0.346 e. The molecule has 9 nitrogen and oxygen atoms in total. The lowest BCUT2D eigenvalue weighted by Gasteiger charge is -2.08. The van der Waals surface area contributed by atoms with E-state index in [-0.39, 0.29) is 5.02 Å². The van der Waals surface area contributed by atoms with E-state index in [1.54, 1.807) is 0 Å². The monoisotopic (exact) mass is 358 g/mol. The van der Waals surface area contributed by atoms with E-state index in [9.17, 15) is 28.6 Å². The Morgan fingerprint density at radius 3 is 2.17 bits per heavy atom. The summed E-state index contributed by atoms with van der Waals surface area (Å²) in [5, 5.41) is 21.8. The van der Waals surface area contributed by atoms with E-state index in [0.717, 1.165) is 30.3 Å². The van der Waals surface area contributed by atoms with Crippen molar-refractivity contribution in [2.45, 2.75) is 4.90 Å². The molecule has 0 spiro atoms. The number of para-hydroxylation sites is 2. The molecule has 2 aromatic rings. The molecular formula is C12H7ClN2O7S. The Morgan fingerprint density at radius 2 is 1.57 bits per heavy atom. The number of benzene rings is 2. The fourth-order valence-electron chi connectivity index (χ4n) is 1.69. The molecule has 0 aliphatic carbocycles. The lowest BCUT2D eigenvalue weighted by Crippen LogP contribution is -2.12. The SMILES string of the molecule is O=[N+]([O-])c1ccccc1OS(=O)(=O)c1ccc(Cl)cc1[N+](=O)[O-]. The van der Waals surface area contributed by atoms with Crippen LogP contribution in [0.1, 0.15) is 0 Å². The van der Waals surface area contributed by atoms with E-state index < -0.39 is 42.0 Å². The van der Waals surface area contributed by atoms with Gasteiger partial charge in [-0.25, -0.2) is 0 Å². The number of halogens is 1. The summed E-state index contributed by atoms with van der Waals surface area (Å²) < 4.78 is 29.1. The molecule has 0 heterocycles. The maximum absolute atomic E-state index is 12.2. The third kappa shape index (κ3) is 3.55. The number of nitro groups is 2. The Labute approximate surface area is 134 Å². The Kier molecular flexibility index (Phi) is 4.48. The summed E-state index contributed by atoms with van der Waals surface area (Å²) in [6, 6.07) is 7.63. The van der Waals surface area contributed by atoms with Crippen LogP contribution in [0.3, 0.4) is 0 Å². The molecule has 0 bridgehead atoms. The molecule has 0 fully saturated rings. The molecule has 0 saturated carbocycles. The molecular weight excluding hydrogens is 352 g/mol. The predicted octanol–water partition coefficient (Wildman–Crippen LogP) is 2.92. The zero-order chi connectivity index (χ0) is 17.2. The Balaban J connectivity index is 2.53. The molecule has 120 valence electrons. The van der Waals surface area contributed by atoms with Crippen molar-refractivity contribution in [2.24, 2.45) is 0 Å². The van der Waals surface area contributed by atoms with Crippen molar-refractivity contribution < 1.29 is 22.4 Å². The molecule has 0 unspecified atom stereocenters. The molecule has 0 aliphatic heterocycles. The Bertz CT molecular complexity index is 898. The van der Waals surface area contributed by atoms with Crippen molar-refractivity contribution in [2.75, 3.05) is 0 Å². The minimum atomic E-state index is -4.67. The second-order valence-corrected chi connectivity index (χ2v) is 6.08. The van der Waals surface area contributed by atoms with Crippen LogP contribution < -0.4 is 4.18 Å². The molecule has 0 N–H and O–H groups in total. The van der Waals surface area contributed by atoms with Crippen molar-refractivity contribution in [3.05, 3.63) is 67.7 Å². The molecule has 2 rings (SSSR count). The number of hydrogen-bond acceptors (Lipinski definition) is 7. The molecule has 0 amide bonds. The van der Waals surface area contributed by atoms with E-state index >= 15 is 0 Å². The summed E-state index contributed by atoms with van der Waals surface area (Å²) in [6.07, 6.45) is 0. The maximum atomic E-state index is 12.2. The normalized spacial score (nSPS) is 11.0. The molecule has 0 aliphatic rings. The third-order valence-electron chi connectivity index (χ3n) is 2.65. The first-order valence-electron chi connectivity index (χ1n) is 5.84. The van der Waals surface area contributed by atoms with Crippen LogP contribution in [0.5, 0.6) is 5.75 Å². The van der Waals surface area contributed by atoms with E-state index in [0.29, 0.717) is 0 Å². The van der Waals surface area contributed by atoms with Gasteiger partial charge in [-0.3, -0.25) is 20.2 Å². The van der Waals surface area contributed by atoms with Crippen LogP contribution in [0.15, 0.2) is 47.4 Å². The van der Waals surface area contributed by atoms with E-state index in [4.69, 9.17) is 15.8 Å². The standard InChI is InChI=1S/C12H7ClN2O7S/c13-8-5-6-12(10(7-8)15(18)19)23(20,21)22-11-4-2-1-3-9(11)14(16)17/h1-7H. The fraction of sp³-hybridized carbons (Fsp3) is 0. The summed E-state index contributed by atoms with van der Waals surface area (Å²) in [7, 11) is -4.67. The van der Waals surface area contributed by atoms with Gasteiger partial charge in [-0.05, 0) is 18.2 Å². The minimum absolute atomic E-state index is 0.0404. The van der Waals surface area contributed by atoms with Crippen molar-refractivity contribution in [1.82, 2.24) is 0 Å². The average molecular weight is 359 g/mol. The van der Waals surface area contributed by atoms with Crippen molar-refractivity contribution in [1.29, 1.82) is 0 Å². The lowest BCUT2D eigenvalue weighted by molar-refractivity contribution is -0.388. The number of nitro benzene ring substituents is 2. The molecule has 0 atom stereocenters. The van der Waals surface area contributed by atoms with Crippen LogP contribution >= 0.6 is 11.6 Å². The zero-order valence-electron chi connectivity index (χ0n) is 11.1. The van der Waals surface area contributed by atoms with Crippen LogP contribution in [0.4, 0.5) is 11.4 Å². The zero-order valence-corrected chi connectivity index (χ0v) is 12.7. The highest BCUT2D eigenvalue weighted by atomic mass is 35.5. The van der Waals surface area contributed by atoms with Gasteiger partial charge in [0.15, 0.2) is 4.90 Å². The summed E-state index contributed by atoms with van der Waals surface area (Å²) in [4.78, 5) is 19.3. The number of nitrogens with zero attached hydrogens (tertiary/aromatic N) is 2. The van der Waals surface area contributed by atoms with Gasteiger partial charge in [-0.2, -0.15) is 8.42 Å². The van der Waals surface area contributed by atoms with Gasteiger partial charge in [0.1, 0.15) is 0 Å². The first-order valence-corrected chi connectivity index (χ1v) is 7.63. The van der Waals surface area contributed by atoms with Gasteiger partial charge in [0.05, 0.1) is 9.85 Å². The van der Waals surface area contributed by atoms with Gasteiger partial charge in [-0.15, -0.1) is 0 Å². The largest absolute Gasteiger partial charge is 0.371 e. The topological polar surface area (TPSA) is 130 Å². The summed E-state index contributed by atoms with van der Waals surface area (Å²) in [5.74, 6) is -0.554. The summed E-state index contributed by atoms with van der Waals surface area (Å²) in [6.45, 7) is 0. The highest BCUT2D eigenvalue weighted by Crippen LogP contribution is 2.32. The summed E-state index contributed by atoms with van der Waals surface area (Å²) >= 11 is 5.61. The molecule has 23 heavy (non-hydrogen) atoms. The van der Waals surface area contributed by atoms with Crippen molar-refractivity contribution >= 4 is 33.1 Å². The van der Waals surface area contributed by atoms with Gasteiger partial charge in [0.2, 0.25) is 5.75 Å². The third-order valence-corrected chi connectivity index (χ3v) is 4.17. The predicted molar refractivity (Wildman–Crippen MR) is 79.0 cm³/mol. The Hall–Kier alpha value is -2.72. The molecule has 0 aromatic heterocycles. The van der Waals surface area contributed by atoms with Crippen molar-refractivity contribution in [3.63, 3.8) is 0 Å². The van der Waals surface area contributed by atoms with Crippen LogP contribution in [-0.4, -0.2) is 18.3 Å². The number of rotatable bonds is 5. The van der Waals surface area contributed by atoms with Crippen LogP contribution in [0.25, 0.3) is 0 Å². The van der Waals surface area contributed by atoms with E-state index in [1.165, 1.54) is 12.1 Å². The summed E-state index contributed by atoms with van der Waals surface area (Å²) in [5.41, 5.74) is -1.39. The first-order chi connectivity index (χ1) is 10.7. The fourth-order valence-corrected chi connectivity index (χ4v) is 2.94. The highest BCUT2D eigenvalue weighted by molar-refractivity contribution is 7.87. The molecule has 11 heteroatoms. The first kappa shape index (κ1) is 16.6. The number of hydrogen-bond donors (Lipinski definition) is 0. The lowest BCUT2D eigenvalue weighted by atomic mass is 10.3. The second kappa shape index (κ2) is 6.18. The van der Waals surface area contributed by atoms with Gasteiger partial charge in [0.25, 0.3) is 5.69 Å². The van der Waals surface area contributed by atoms with Crippen LogP contribution in [0, 0.1) is 20.2 Å². The van der Waals surface area contributed by atoms with Gasteiger partial charge >= 0.3 is 15.8 Å². The van der Waals surface area contributed by atoms with Gasteiger partial charge < -0.3 is 4.18 Å². The van der Waals surface area contributed by atoms with Gasteiger partial charge in [0, 0.05) is 17.2 Å².